The van der Waals surface area contributed by atoms with Crippen LogP contribution in [0.25, 0.3) is 0 Å². The van der Waals surface area contributed by atoms with Gasteiger partial charge in [0.15, 0.2) is 5.78 Å². The largest absolute Gasteiger partial charge is 0.392 e. The molecule has 0 spiro atoms. The van der Waals surface area contributed by atoms with Crippen LogP contribution in [-0.4, -0.2) is 21.6 Å². The molecule has 0 saturated carbocycles. The molecule has 0 aliphatic carbocycles. The van der Waals surface area contributed by atoms with Crippen molar-refractivity contribution in [1.29, 1.82) is 0 Å². The lowest BCUT2D eigenvalue weighted by molar-refractivity contribution is 0.0485. The molecule has 0 heterocycles. The molecule has 0 aliphatic heterocycles. The molecule has 0 saturated heterocycles. The van der Waals surface area contributed by atoms with Gasteiger partial charge in [0.25, 0.3) is 0 Å². The molecule has 16 heavy (non-hydrogen) atoms. The predicted octanol–water partition coefficient (Wildman–Crippen LogP) is 1.69. The summed E-state index contributed by atoms with van der Waals surface area (Å²) in [5, 5.41) is 19.0. The fourth-order valence-corrected chi connectivity index (χ4v) is 1.69. The minimum Gasteiger partial charge on any atom is -0.392 e. The van der Waals surface area contributed by atoms with Gasteiger partial charge in [-0.05, 0) is 31.4 Å². The van der Waals surface area contributed by atoms with Crippen LogP contribution < -0.4 is 0 Å². The standard InChI is InChI=1S/C13H18O3/c1-4-9-6-5-7-10(11(9)8-14)12(15)13(2,3)16/h5-7,14,16H,4,8H2,1-3H3. The van der Waals surface area contributed by atoms with E-state index in [0.717, 1.165) is 12.0 Å². The second-order valence-electron chi connectivity index (χ2n) is 4.34. The van der Waals surface area contributed by atoms with E-state index in [2.05, 4.69) is 0 Å². The summed E-state index contributed by atoms with van der Waals surface area (Å²) in [4.78, 5) is 12.0. The first-order valence-corrected chi connectivity index (χ1v) is 5.40. The number of hydrogen-bond acceptors (Lipinski definition) is 3. The number of ketones is 1. The molecule has 2 N–H and O–H groups in total. The van der Waals surface area contributed by atoms with Gasteiger partial charge in [0.05, 0.1) is 6.61 Å². The third kappa shape index (κ3) is 2.49. The number of aliphatic hydroxyl groups is 2. The maximum absolute atomic E-state index is 12.0. The highest BCUT2D eigenvalue weighted by Gasteiger charge is 2.27. The van der Waals surface area contributed by atoms with E-state index in [9.17, 15) is 15.0 Å². The van der Waals surface area contributed by atoms with Gasteiger partial charge in [-0.2, -0.15) is 0 Å². The van der Waals surface area contributed by atoms with E-state index < -0.39 is 5.60 Å². The number of Topliss-reactive ketones (excluding diaryl/α,β-unsaturated/α-hetero) is 1. The lowest BCUT2D eigenvalue weighted by atomic mass is 9.90. The Morgan fingerprint density at radius 2 is 2.00 bits per heavy atom. The summed E-state index contributed by atoms with van der Waals surface area (Å²) in [6, 6.07) is 5.30. The zero-order chi connectivity index (χ0) is 12.3. The van der Waals surface area contributed by atoms with Crippen LogP contribution in [0.4, 0.5) is 0 Å². The van der Waals surface area contributed by atoms with Crippen molar-refractivity contribution < 1.29 is 15.0 Å². The summed E-state index contributed by atoms with van der Waals surface area (Å²) in [5.41, 5.74) is 0.570. The molecule has 0 bridgehead atoms. The molecule has 0 aliphatic rings. The minimum absolute atomic E-state index is 0.179. The first-order chi connectivity index (χ1) is 7.41. The lowest BCUT2D eigenvalue weighted by Gasteiger charge is -2.18. The maximum Gasteiger partial charge on any atom is 0.194 e. The zero-order valence-corrected chi connectivity index (χ0v) is 9.95. The van der Waals surface area contributed by atoms with E-state index in [1.165, 1.54) is 13.8 Å². The van der Waals surface area contributed by atoms with Gasteiger partial charge in [0, 0.05) is 5.56 Å². The minimum atomic E-state index is -1.41. The molecule has 1 rings (SSSR count). The lowest BCUT2D eigenvalue weighted by Crippen LogP contribution is -2.32. The SMILES string of the molecule is CCc1cccc(C(=O)C(C)(C)O)c1CO. The summed E-state index contributed by atoms with van der Waals surface area (Å²) in [5.74, 6) is -0.355. The van der Waals surface area contributed by atoms with E-state index in [4.69, 9.17) is 0 Å². The summed E-state index contributed by atoms with van der Waals surface area (Å²) < 4.78 is 0. The van der Waals surface area contributed by atoms with Gasteiger partial charge in [-0.3, -0.25) is 4.79 Å². The van der Waals surface area contributed by atoms with E-state index in [0.29, 0.717) is 11.1 Å². The van der Waals surface area contributed by atoms with Crippen LogP contribution in [-0.2, 0) is 13.0 Å². The third-order valence-corrected chi connectivity index (χ3v) is 2.61. The molecule has 88 valence electrons. The molecule has 1 aromatic rings. The highest BCUT2D eigenvalue weighted by molar-refractivity contribution is 6.03. The van der Waals surface area contributed by atoms with Crippen LogP contribution in [0.5, 0.6) is 0 Å². The molecular formula is C13H18O3. The Bertz CT molecular complexity index is 389. The molecule has 0 radical (unpaired) electrons. The smallest absolute Gasteiger partial charge is 0.194 e. The van der Waals surface area contributed by atoms with Crippen molar-refractivity contribution in [3.63, 3.8) is 0 Å². The highest BCUT2D eigenvalue weighted by Crippen LogP contribution is 2.20. The Kier molecular flexibility index (Phi) is 3.83. The molecule has 3 heteroatoms. The maximum atomic E-state index is 12.0. The number of hydrogen-bond donors (Lipinski definition) is 2. The summed E-state index contributed by atoms with van der Waals surface area (Å²) in [6.45, 7) is 4.69. The Morgan fingerprint density at radius 1 is 1.38 bits per heavy atom. The van der Waals surface area contributed by atoms with Gasteiger partial charge >= 0.3 is 0 Å². The summed E-state index contributed by atoms with van der Waals surface area (Å²) in [6.07, 6.45) is 0.753. The first-order valence-electron chi connectivity index (χ1n) is 5.40. The number of carbonyl (C=O) groups excluding carboxylic acids is 1. The van der Waals surface area contributed by atoms with Gasteiger partial charge in [-0.1, -0.05) is 25.1 Å². The van der Waals surface area contributed by atoms with Crippen molar-refractivity contribution in [2.45, 2.75) is 39.4 Å². The van der Waals surface area contributed by atoms with Crippen LogP contribution in [0, 0.1) is 0 Å². The van der Waals surface area contributed by atoms with Crippen molar-refractivity contribution in [2.24, 2.45) is 0 Å². The number of benzene rings is 1. The van der Waals surface area contributed by atoms with E-state index >= 15 is 0 Å². The van der Waals surface area contributed by atoms with Crippen LogP contribution in [0.3, 0.4) is 0 Å². The number of aryl methyl sites for hydroxylation is 1. The van der Waals surface area contributed by atoms with E-state index in [1.54, 1.807) is 12.1 Å². The Balaban J connectivity index is 3.29. The van der Waals surface area contributed by atoms with Gasteiger partial charge in [-0.25, -0.2) is 0 Å². The van der Waals surface area contributed by atoms with Crippen LogP contribution >= 0.6 is 0 Å². The van der Waals surface area contributed by atoms with Gasteiger partial charge < -0.3 is 10.2 Å². The fourth-order valence-electron chi connectivity index (χ4n) is 1.69. The highest BCUT2D eigenvalue weighted by atomic mass is 16.3. The molecule has 3 nitrogen and oxygen atoms in total. The number of aliphatic hydroxyl groups excluding tert-OH is 1. The average molecular weight is 222 g/mol. The monoisotopic (exact) mass is 222 g/mol. The van der Waals surface area contributed by atoms with Crippen molar-refractivity contribution in [2.75, 3.05) is 0 Å². The zero-order valence-electron chi connectivity index (χ0n) is 9.95. The normalized spacial score (nSPS) is 11.6. The van der Waals surface area contributed by atoms with Crippen molar-refractivity contribution in [3.8, 4) is 0 Å². The predicted molar refractivity (Wildman–Crippen MR) is 62.4 cm³/mol. The Morgan fingerprint density at radius 3 is 2.44 bits per heavy atom. The molecule has 0 amide bonds. The quantitative estimate of drug-likeness (QED) is 0.762. The van der Waals surface area contributed by atoms with Crippen LogP contribution in [0.2, 0.25) is 0 Å². The van der Waals surface area contributed by atoms with Crippen LogP contribution in [0.15, 0.2) is 18.2 Å². The number of rotatable bonds is 4. The second-order valence-corrected chi connectivity index (χ2v) is 4.34. The van der Waals surface area contributed by atoms with Gasteiger partial charge in [-0.15, -0.1) is 0 Å². The van der Waals surface area contributed by atoms with Crippen molar-refractivity contribution in [3.05, 3.63) is 34.9 Å². The molecule has 1 aromatic carbocycles. The Hall–Kier alpha value is -1.19. The third-order valence-electron chi connectivity index (χ3n) is 2.61. The topological polar surface area (TPSA) is 57.5 Å². The molecular weight excluding hydrogens is 204 g/mol. The van der Waals surface area contributed by atoms with Crippen molar-refractivity contribution >= 4 is 5.78 Å². The molecule has 0 atom stereocenters. The molecule has 0 unspecified atom stereocenters. The van der Waals surface area contributed by atoms with E-state index in [1.807, 2.05) is 13.0 Å². The fraction of sp³-hybridized carbons (Fsp3) is 0.462. The summed E-state index contributed by atoms with van der Waals surface area (Å²) in [7, 11) is 0. The Labute approximate surface area is 95.7 Å². The van der Waals surface area contributed by atoms with Gasteiger partial charge in [0.1, 0.15) is 5.60 Å². The summed E-state index contributed by atoms with van der Waals surface area (Å²) >= 11 is 0. The molecule has 0 fully saturated rings. The van der Waals surface area contributed by atoms with Crippen LogP contribution in [0.1, 0.15) is 42.3 Å². The first kappa shape index (κ1) is 12.9. The molecule has 0 aromatic heterocycles. The average Bonchev–Trinajstić information content (AvgIpc) is 2.25. The van der Waals surface area contributed by atoms with Crippen molar-refractivity contribution in [1.82, 2.24) is 0 Å². The second kappa shape index (κ2) is 4.76. The number of carbonyl (C=O) groups is 1. The van der Waals surface area contributed by atoms with E-state index in [-0.39, 0.29) is 12.4 Å². The van der Waals surface area contributed by atoms with Gasteiger partial charge in [0.2, 0.25) is 0 Å².